The molecule has 2 amide bonds. The Morgan fingerprint density at radius 2 is 1.46 bits per heavy atom. The molecule has 7 rings (SSSR count). The second-order valence-electron chi connectivity index (χ2n) is 14.7. The van der Waals surface area contributed by atoms with Gasteiger partial charge in [-0.1, -0.05) is 61.5 Å². The van der Waals surface area contributed by atoms with Gasteiger partial charge in [-0.3, -0.25) is 13.9 Å². The molecule has 0 aromatic heterocycles. The van der Waals surface area contributed by atoms with E-state index in [4.69, 9.17) is 0 Å². The summed E-state index contributed by atoms with van der Waals surface area (Å²) in [6.45, 7) is 3.41. The molecule has 0 saturated heterocycles. The molecule has 7 nitrogen and oxygen atoms in total. The van der Waals surface area contributed by atoms with Crippen molar-refractivity contribution in [3.8, 4) is 0 Å². The molecule has 0 spiro atoms. The van der Waals surface area contributed by atoms with Gasteiger partial charge in [-0.15, -0.1) is 0 Å². The molecule has 4 saturated carbocycles. The fourth-order valence-corrected chi connectivity index (χ4v) is 9.69. The summed E-state index contributed by atoms with van der Waals surface area (Å²) in [5.41, 5.74) is 3.35. The Bertz CT molecular complexity index is 1660. The number of rotatable bonds is 13. The number of nitrogens with one attached hydrogen (secondary N) is 1. The van der Waals surface area contributed by atoms with Crippen LogP contribution >= 0.6 is 0 Å². The highest BCUT2D eigenvalue weighted by atomic mass is 32.2. The van der Waals surface area contributed by atoms with Gasteiger partial charge >= 0.3 is 0 Å². The van der Waals surface area contributed by atoms with Crippen molar-refractivity contribution in [1.29, 1.82) is 0 Å². The molecule has 2 atom stereocenters. The normalized spacial score (nSPS) is 24.1. The van der Waals surface area contributed by atoms with Gasteiger partial charge in [0.05, 0.1) is 11.9 Å². The maximum absolute atomic E-state index is 14.4. The third kappa shape index (κ3) is 7.61. The van der Waals surface area contributed by atoms with Gasteiger partial charge in [-0.2, -0.15) is 0 Å². The van der Waals surface area contributed by atoms with Crippen molar-refractivity contribution in [2.75, 3.05) is 17.1 Å². The van der Waals surface area contributed by atoms with E-state index in [1.54, 1.807) is 12.1 Å². The lowest BCUT2D eigenvalue weighted by Crippen LogP contribution is -2.54. The number of hydrogen-bond donors (Lipinski definition) is 1. The molecule has 0 heterocycles. The van der Waals surface area contributed by atoms with E-state index < -0.39 is 34.3 Å². The van der Waals surface area contributed by atoms with Crippen molar-refractivity contribution in [1.82, 2.24) is 10.2 Å². The lowest BCUT2D eigenvalue weighted by molar-refractivity contribution is -0.140. The summed E-state index contributed by atoms with van der Waals surface area (Å²) in [6, 6.07) is 22.0. The zero-order valence-electron chi connectivity index (χ0n) is 28.3. The summed E-state index contributed by atoms with van der Waals surface area (Å²) in [7, 11) is -3.87. The van der Waals surface area contributed by atoms with E-state index in [0.29, 0.717) is 17.7 Å². The van der Waals surface area contributed by atoms with Crippen molar-refractivity contribution in [3.63, 3.8) is 0 Å². The fourth-order valence-electron chi connectivity index (χ4n) is 8.84. The predicted molar refractivity (Wildman–Crippen MR) is 187 cm³/mol. The summed E-state index contributed by atoms with van der Waals surface area (Å²) in [5.74, 6) is 1.11. The van der Waals surface area contributed by atoms with Gasteiger partial charge in [-0.05, 0) is 116 Å². The second-order valence-corrected chi connectivity index (χ2v) is 16.6. The van der Waals surface area contributed by atoms with Gasteiger partial charge in [0, 0.05) is 19.0 Å². The number of nitrogens with zero attached hydrogens (tertiary/aromatic N) is 2. The second kappa shape index (κ2) is 14.0. The van der Waals surface area contributed by atoms with E-state index in [9.17, 15) is 22.4 Å². The molecule has 4 aliphatic rings. The minimum absolute atomic E-state index is 0.00704. The van der Waals surface area contributed by atoms with Gasteiger partial charge in [0.1, 0.15) is 18.4 Å². The zero-order chi connectivity index (χ0) is 34.1. The molecule has 256 valence electrons. The fraction of sp³-hybridized carbons (Fsp3) is 0.487. The maximum atomic E-state index is 14.4. The van der Waals surface area contributed by atoms with Gasteiger partial charge in [-0.25, -0.2) is 12.8 Å². The molecule has 9 heteroatoms. The lowest BCUT2D eigenvalue weighted by atomic mass is 9.48. The molecule has 0 radical (unpaired) electrons. The summed E-state index contributed by atoms with van der Waals surface area (Å²) in [6.07, 6.45) is 9.68. The molecule has 0 unspecified atom stereocenters. The van der Waals surface area contributed by atoms with Crippen LogP contribution in [0.4, 0.5) is 10.1 Å². The highest BCUT2D eigenvalue weighted by Gasteiger charge is 2.51. The van der Waals surface area contributed by atoms with E-state index in [2.05, 4.69) is 17.4 Å². The molecule has 48 heavy (non-hydrogen) atoms. The number of amides is 2. The van der Waals surface area contributed by atoms with Crippen LogP contribution in [0.2, 0.25) is 0 Å². The number of hydrogen-bond acceptors (Lipinski definition) is 4. The molecule has 4 aliphatic carbocycles. The average Bonchev–Trinajstić information content (AvgIpc) is 3.05. The smallest absolute Gasteiger partial charge is 0.244 e. The third-order valence-corrected chi connectivity index (χ3v) is 12.2. The Hall–Kier alpha value is -3.72. The first kappa shape index (κ1) is 34.2. The molecule has 4 bridgehead atoms. The van der Waals surface area contributed by atoms with E-state index in [-0.39, 0.29) is 30.3 Å². The number of benzene rings is 3. The van der Waals surface area contributed by atoms with Crippen molar-refractivity contribution < 1.29 is 22.4 Å². The quantitative estimate of drug-likeness (QED) is 0.221. The van der Waals surface area contributed by atoms with Crippen molar-refractivity contribution in [2.45, 2.75) is 89.3 Å². The molecule has 4 fully saturated rings. The predicted octanol–water partition coefficient (Wildman–Crippen LogP) is 6.61. The van der Waals surface area contributed by atoms with Crippen LogP contribution < -0.4 is 9.62 Å². The minimum atomic E-state index is -3.87. The highest BCUT2D eigenvalue weighted by Crippen LogP contribution is 2.60. The number of carbonyl (C=O) groups excluding carboxylic acids is 2. The summed E-state index contributed by atoms with van der Waals surface area (Å²) < 4.78 is 41.6. The van der Waals surface area contributed by atoms with Gasteiger partial charge in [0.2, 0.25) is 21.8 Å². The Kier molecular flexibility index (Phi) is 9.98. The molecule has 3 aromatic carbocycles. The molecule has 3 aromatic rings. The van der Waals surface area contributed by atoms with Crippen LogP contribution in [0.5, 0.6) is 0 Å². The first-order valence-electron chi connectivity index (χ1n) is 17.4. The van der Waals surface area contributed by atoms with Gasteiger partial charge < -0.3 is 10.2 Å². The molecule has 0 aliphatic heterocycles. The van der Waals surface area contributed by atoms with Crippen LogP contribution in [0.25, 0.3) is 0 Å². The third-order valence-electron chi connectivity index (χ3n) is 11.0. The molecule has 1 N–H and O–H groups in total. The van der Waals surface area contributed by atoms with Crippen LogP contribution in [-0.2, 0) is 38.0 Å². The van der Waals surface area contributed by atoms with Crippen molar-refractivity contribution in [3.05, 3.63) is 101 Å². The monoisotopic (exact) mass is 673 g/mol. The Labute approximate surface area is 285 Å². The average molecular weight is 674 g/mol. The van der Waals surface area contributed by atoms with Crippen molar-refractivity contribution in [2.24, 2.45) is 17.8 Å². The Morgan fingerprint density at radius 1 is 0.875 bits per heavy atom. The minimum Gasteiger partial charge on any atom is -0.352 e. The number of anilines is 1. The van der Waals surface area contributed by atoms with E-state index in [1.165, 1.54) is 61.1 Å². The van der Waals surface area contributed by atoms with Crippen LogP contribution in [0.3, 0.4) is 0 Å². The van der Waals surface area contributed by atoms with Crippen LogP contribution in [-0.4, -0.2) is 50.0 Å². The van der Waals surface area contributed by atoms with E-state index >= 15 is 0 Å². The summed E-state index contributed by atoms with van der Waals surface area (Å²) >= 11 is 0. The highest BCUT2D eigenvalue weighted by molar-refractivity contribution is 7.92. The first-order valence-corrected chi connectivity index (χ1v) is 19.2. The summed E-state index contributed by atoms with van der Waals surface area (Å²) in [5, 5.41) is 3.03. The standard InChI is InChI=1S/C39H48FN3O4S/c1-4-27(2)41-38(45)36(21-28-8-6-5-7-9-28)42(25-29-10-14-34(40)15-11-29)37(44)26-43(48(3,46)47)35-16-12-33(13-17-35)39-22-30-18-31(23-39)20-32(19-30)24-39/h5-17,27,30-32,36H,4,18-26H2,1-3H3,(H,41,45)/t27-,30?,31?,32?,36-,39?/m0/s1. The maximum Gasteiger partial charge on any atom is 0.244 e. The Balaban J connectivity index is 1.30. The number of sulfonamides is 1. The Morgan fingerprint density at radius 3 is 2.00 bits per heavy atom. The first-order chi connectivity index (χ1) is 22.9. The van der Waals surface area contributed by atoms with Crippen LogP contribution in [0.1, 0.15) is 75.5 Å². The zero-order valence-corrected chi connectivity index (χ0v) is 29.1. The lowest BCUT2D eigenvalue weighted by Gasteiger charge is -2.57. The SMILES string of the molecule is CC[C@H](C)NC(=O)[C@H](Cc1ccccc1)N(Cc1ccc(F)cc1)C(=O)CN(c1ccc(C23CC4CC(CC(C4)C2)C3)cc1)S(C)(=O)=O. The number of carbonyl (C=O) groups is 2. The number of halogens is 1. The summed E-state index contributed by atoms with van der Waals surface area (Å²) in [4.78, 5) is 29.7. The van der Waals surface area contributed by atoms with Crippen LogP contribution in [0, 0.1) is 23.6 Å². The van der Waals surface area contributed by atoms with E-state index in [1.807, 2.05) is 56.3 Å². The van der Waals surface area contributed by atoms with Gasteiger partial charge in [0.15, 0.2) is 0 Å². The largest absolute Gasteiger partial charge is 0.352 e. The molecular weight excluding hydrogens is 626 g/mol. The van der Waals surface area contributed by atoms with Crippen LogP contribution in [0.15, 0.2) is 78.9 Å². The van der Waals surface area contributed by atoms with E-state index in [0.717, 1.165) is 33.9 Å². The topological polar surface area (TPSA) is 86.8 Å². The van der Waals surface area contributed by atoms with Gasteiger partial charge in [0.25, 0.3) is 0 Å². The van der Waals surface area contributed by atoms with Crippen molar-refractivity contribution >= 4 is 27.5 Å². The molecular formula is C39H48FN3O4S.